The quantitative estimate of drug-likeness (QED) is 0.807. The van der Waals surface area contributed by atoms with Gasteiger partial charge in [0.05, 0.1) is 12.8 Å². The summed E-state index contributed by atoms with van der Waals surface area (Å²) in [6.45, 7) is 8.33. The Morgan fingerprint density at radius 3 is 2.48 bits per heavy atom. The Labute approximate surface area is 128 Å². The zero-order valence-corrected chi connectivity index (χ0v) is 13.3. The molecule has 1 heterocycles. The molecule has 2 rings (SSSR count). The Morgan fingerprint density at radius 2 is 1.90 bits per heavy atom. The number of nitrogens with one attached hydrogen (secondary N) is 1. The molecule has 0 aliphatic heterocycles. The van der Waals surface area contributed by atoms with E-state index in [2.05, 4.69) is 54.4 Å². The van der Waals surface area contributed by atoms with Gasteiger partial charge in [0, 0.05) is 18.5 Å². The Hall–Kier alpha value is -1.58. The van der Waals surface area contributed by atoms with E-state index < -0.39 is 0 Å². The summed E-state index contributed by atoms with van der Waals surface area (Å²) >= 11 is 0. The molecule has 1 unspecified atom stereocenters. The van der Waals surface area contributed by atoms with Gasteiger partial charge in [0.25, 0.3) is 0 Å². The van der Waals surface area contributed by atoms with Crippen LogP contribution in [0.2, 0.25) is 0 Å². The van der Waals surface area contributed by atoms with Crippen molar-refractivity contribution in [3.05, 3.63) is 60.1 Å². The van der Waals surface area contributed by atoms with Crippen molar-refractivity contribution >= 4 is 0 Å². The largest absolute Gasteiger partial charge is 0.468 e. The number of benzene rings is 1. The van der Waals surface area contributed by atoms with Gasteiger partial charge in [-0.05, 0) is 31.3 Å². The summed E-state index contributed by atoms with van der Waals surface area (Å²) in [6, 6.07) is 14.7. The third kappa shape index (κ3) is 4.19. The summed E-state index contributed by atoms with van der Waals surface area (Å²) in [5.41, 5.74) is 1.45. The van der Waals surface area contributed by atoms with Crippen LogP contribution in [0.4, 0.5) is 0 Å². The first kappa shape index (κ1) is 15.8. The number of likely N-dealkylation sites (N-methyl/N-ethyl adjacent to an activating group) is 2. The molecule has 1 atom stereocenters. The molecule has 0 saturated heterocycles. The molecule has 114 valence electrons. The van der Waals surface area contributed by atoms with Crippen LogP contribution >= 0.6 is 0 Å². The first-order valence-corrected chi connectivity index (χ1v) is 7.63. The van der Waals surface area contributed by atoms with Crippen LogP contribution in [-0.4, -0.2) is 31.6 Å². The van der Waals surface area contributed by atoms with Gasteiger partial charge in [0.2, 0.25) is 0 Å². The Balaban J connectivity index is 2.13. The van der Waals surface area contributed by atoms with Gasteiger partial charge < -0.3 is 9.73 Å². The number of rotatable bonds is 8. The molecule has 0 spiro atoms. The topological polar surface area (TPSA) is 28.4 Å². The summed E-state index contributed by atoms with van der Waals surface area (Å²) < 4.78 is 5.49. The van der Waals surface area contributed by atoms with Crippen LogP contribution in [0.3, 0.4) is 0 Å². The van der Waals surface area contributed by atoms with Gasteiger partial charge in [-0.25, -0.2) is 0 Å². The lowest BCUT2D eigenvalue weighted by Crippen LogP contribution is -2.44. The molecular formula is C18H26N2O. The molecule has 21 heavy (non-hydrogen) atoms. The first-order chi connectivity index (χ1) is 10.2. The smallest absolute Gasteiger partial charge is 0.117 e. The lowest BCUT2D eigenvalue weighted by molar-refractivity contribution is 0.200. The average Bonchev–Trinajstić information content (AvgIpc) is 3.01. The van der Waals surface area contributed by atoms with Gasteiger partial charge in [0.15, 0.2) is 0 Å². The standard InChI is InChI=1S/C18H26N2O/c1-4-20(13-17-11-8-12-21-17)15-18(2,14-19-3)16-9-6-5-7-10-16/h5-12,19H,4,13-15H2,1-3H3. The molecule has 0 amide bonds. The number of nitrogens with zero attached hydrogens (tertiary/aromatic N) is 1. The predicted molar refractivity (Wildman–Crippen MR) is 87.4 cm³/mol. The minimum Gasteiger partial charge on any atom is -0.468 e. The second-order valence-electron chi connectivity index (χ2n) is 5.84. The second kappa shape index (κ2) is 7.43. The fraction of sp³-hybridized carbons (Fsp3) is 0.444. The summed E-state index contributed by atoms with van der Waals surface area (Å²) in [6.07, 6.45) is 1.74. The van der Waals surface area contributed by atoms with E-state index >= 15 is 0 Å². The van der Waals surface area contributed by atoms with E-state index in [0.29, 0.717) is 0 Å². The summed E-state index contributed by atoms with van der Waals surface area (Å²) in [4.78, 5) is 2.43. The Bertz CT molecular complexity index is 509. The van der Waals surface area contributed by atoms with Crippen molar-refractivity contribution in [3.63, 3.8) is 0 Å². The van der Waals surface area contributed by atoms with E-state index in [1.807, 2.05) is 19.2 Å². The van der Waals surface area contributed by atoms with E-state index in [9.17, 15) is 0 Å². The highest BCUT2D eigenvalue weighted by Crippen LogP contribution is 2.25. The van der Waals surface area contributed by atoms with Crippen molar-refractivity contribution in [2.75, 3.05) is 26.7 Å². The molecule has 1 aromatic carbocycles. The van der Waals surface area contributed by atoms with Crippen molar-refractivity contribution in [1.29, 1.82) is 0 Å². The first-order valence-electron chi connectivity index (χ1n) is 7.63. The zero-order valence-electron chi connectivity index (χ0n) is 13.3. The van der Waals surface area contributed by atoms with Crippen LogP contribution in [0.15, 0.2) is 53.1 Å². The van der Waals surface area contributed by atoms with Gasteiger partial charge in [-0.2, -0.15) is 0 Å². The maximum Gasteiger partial charge on any atom is 0.117 e. The minimum absolute atomic E-state index is 0.0820. The molecule has 3 heteroatoms. The maximum absolute atomic E-state index is 5.49. The summed E-state index contributed by atoms with van der Waals surface area (Å²) in [5, 5.41) is 3.35. The van der Waals surface area contributed by atoms with Crippen LogP contribution in [-0.2, 0) is 12.0 Å². The number of furan rings is 1. The van der Waals surface area contributed by atoms with Crippen molar-refractivity contribution < 1.29 is 4.42 Å². The van der Waals surface area contributed by atoms with Crippen LogP contribution in [0.5, 0.6) is 0 Å². The third-order valence-electron chi connectivity index (χ3n) is 4.02. The molecule has 0 bridgehead atoms. The van der Waals surface area contributed by atoms with E-state index in [1.165, 1.54) is 5.56 Å². The van der Waals surface area contributed by atoms with Crippen molar-refractivity contribution in [2.24, 2.45) is 0 Å². The zero-order chi connectivity index (χ0) is 15.1. The van der Waals surface area contributed by atoms with Crippen LogP contribution in [0.1, 0.15) is 25.2 Å². The van der Waals surface area contributed by atoms with E-state index in [0.717, 1.165) is 31.9 Å². The fourth-order valence-electron chi connectivity index (χ4n) is 2.88. The van der Waals surface area contributed by atoms with Crippen LogP contribution < -0.4 is 5.32 Å². The van der Waals surface area contributed by atoms with Crippen molar-refractivity contribution in [1.82, 2.24) is 10.2 Å². The molecule has 0 aliphatic rings. The molecule has 3 nitrogen and oxygen atoms in total. The van der Waals surface area contributed by atoms with Gasteiger partial charge >= 0.3 is 0 Å². The molecule has 1 aromatic heterocycles. The van der Waals surface area contributed by atoms with Gasteiger partial charge in [-0.1, -0.05) is 44.2 Å². The molecule has 2 aromatic rings. The SMILES string of the molecule is CCN(Cc1ccco1)CC(C)(CNC)c1ccccc1. The maximum atomic E-state index is 5.49. The lowest BCUT2D eigenvalue weighted by atomic mass is 9.81. The van der Waals surface area contributed by atoms with Crippen molar-refractivity contribution in [2.45, 2.75) is 25.8 Å². The highest BCUT2D eigenvalue weighted by atomic mass is 16.3. The summed E-state index contributed by atoms with van der Waals surface area (Å²) in [5.74, 6) is 1.02. The monoisotopic (exact) mass is 286 g/mol. The van der Waals surface area contributed by atoms with E-state index in [-0.39, 0.29) is 5.41 Å². The Kier molecular flexibility index (Phi) is 5.59. The highest BCUT2D eigenvalue weighted by molar-refractivity contribution is 5.25. The van der Waals surface area contributed by atoms with Gasteiger partial charge in [-0.15, -0.1) is 0 Å². The normalized spacial score (nSPS) is 14.3. The molecular weight excluding hydrogens is 260 g/mol. The van der Waals surface area contributed by atoms with E-state index in [4.69, 9.17) is 4.42 Å². The highest BCUT2D eigenvalue weighted by Gasteiger charge is 2.28. The molecule has 0 radical (unpaired) electrons. The number of hydrogen-bond acceptors (Lipinski definition) is 3. The van der Waals surface area contributed by atoms with Gasteiger partial charge in [-0.3, -0.25) is 4.90 Å². The minimum atomic E-state index is 0.0820. The predicted octanol–water partition coefficient (Wildman–Crippen LogP) is 3.28. The lowest BCUT2D eigenvalue weighted by Gasteiger charge is -2.35. The van der Waals surface area contributed by atoms with Gasteiger partial charge in [0.1, 0.15) is 5.76 Å². The van der Waals surface area contributed by atoms with Crippen LogP contribution in [0.25, 0.3) is 0 Å². The van der Waals surface area contributed by atoms with Crippen molar-refractivity contribution in [3.8, 4) is 0 Å². The second-order valence-corrected chi connectivity index (χ2v) is 5.84. The molecule has 0 aliphatic carbocycles. The molecule has 0 fully saturated rings. The van der Waals surface area contributed by atoms with Crippen LogP contribution in [0, 0.1) is 0 Å². The molecule has 1 N–H and O–H groups in total. The summed E-state index contributed by atoms with van der Waals surface area (Å²) in [7, 11) is 2.02. The van der Waals surface area contributed by atoms with E-state index in [1.54, 1.807) is 6.26 Å². The Morgan fingerprint density at radius 1 is 1.14 bits per heavy atom. The fourth-order valence-corrected chi connectivity index (χ4v) is 2.88. The number of hydrogen-bond donors (Lipinski definition) is 1. The molecule has 0 saturated carbocycles. The average molecular weight is 286 g/mol. The third-order valence-corrected chi connectivity index (χ3v) is 4.02.